The molecule has 4 unspecified atom stereocenters. The van der Waals surface area contributed by atoms with E-state index in [4.69, 9.17) is 5.73 Å². The van der Waals surface area contributed by atoms with Crippen molar-refractivity contribution in [1.29, 1.82) is 0 Å². The lowest BCUT2D eigenvalue weighted by molar-refractivity contribution is 0.182. The quantitative estimate of drug-likeness (QED) is 0.723. The van der Waals surface area contributed by atoms with Crippen LogP contribution in [0.3, 0.4) is 0 Å². The predicted octanol–water partition coefficient (Wildman–Crippen LogP) is 1.60. The molecule has 0 aromatic carbocycles. The van der Waals surface area contributed by atoms with Crippen molar-refractivity contribution in [2.45, 2.75) is 50.6 Å². The molecule has 2 heteroatoms. The molecule has 1 heterocycles. The Balaban J connectivity index is 1.53. The molecule has 4 atom stereocenters. The Hall–Kier alpha value is -0.0800. The first-order valence-electron chi connectivity index (χ1n) is 6.31. The van der Waals surface area contributed by atoms with Crippen molar-refractivity contribution in [3.05, 3.63) is 0 Å². The molecule has 14 heavy (non-hydrogen) atoms. The molecule has 80 valence electrons. The van der Waals surface area contributed by atoms with Gasteiger partial charge in [-0.25, -0.2) is 0 Å². The van der Waals surface area contributed by atoms with Crippen molar-refractivity contribution in [2.24, 2.45) is 17.6 Å². The number of hydrogen-bond acceptors (Lipinski definition) is 2. The van der Waals surface area contributed by atoms with E-state index in [9.17, 15) is 0 Å². The molecule has 2 aliphatic carbocycles. The zero-order chi connectivity index (χ0) is 9.54. The fourth-order valence-corrected chi connectivity index (χ4v) is 3.86. The van der Waals surface area contributed by atoms with E-state index in [-0.39, 0.29) is 0 Å². The lowest BCUT2D eigenvalue weighted by Crippen LogP contribution is -2.35. The van der Waals surface area contributed by atoms with Crippen LogP contribution < -0.4 is 5.73 Å². The van der Waals surface area contributed by atoms with E-state index >= 15 is 0 Å². The van der Waals surface area contributed by atoms with E-state index in [1.54, 1.807) is 0 Å². The van der Waals surface area contributed by atoms with Crippen molar-refractivity contribution >= 4 is 0 Å². The summed E-state index contributed by atoms with van der Waals surface area (Å²) in [5, 5.41) is 0. The Labute approximate surface area is 86.8 Å². The van der Waals surface area contributed by atoms with Gasteiger partial charge in [-0.3, -0.25) is 4.90 Å². The maximum Gasteiger partial charge on any atom is 0.00987 e. The number of nitrogens with zero attached hydrogens (tertiary/aromatic N) is 1. The van der Waals surface area contributed by atoms with Gasteiger partial charge in [0, 0.05) is 25.2 Å². The lowest BCUT2D eigenvalue weighted by atomic mass is 10.0. The zero-order valence-electron chi connectivity index (χ0n) is 8.99. The second-order valence-electron chi connectivity index (χ2n) is 5.73. The highest BCUT2D eigenvalue weighted by molar-refractivity contribution is 4.93. The molecule has 2 nitrogen and oxygen atoms in total. The molecule has 2 N–H and O–H groups in total. The Morgan fingerprint density at radius 1 is 1.07 bits per heavy atom. The van der Waals surface area contributed by atoms with Crippen molar-refractivity contribution in [2.75, 3.05) is 13.1 Å². The van der Waals surface area contributed by atoms with Gasteiger partial charge in [0.2, 0.25) is 0 Å². The van der Waals surface area contributed by atoms with Crippen LogP contribution in [0.15, 0.2) is 0 Å². The number of likely N-dealkylation sites (tertiary alicyclic amines) is 1. The summed E-state index contributed by atoms with van der Waals surface area (Å²) in [7, 11) is 0. The van der Waals surface area contributed by atoms with Gasteiger partial charge in [-0.2, -0.15) is 0 Å². The Kier molecular flexibility index (Phi) is 2.29. The Morgan fingerprint density at radius 2 is 2.00 bits per heavy atom. The first-order chi connectivity index (χ1) is 6.81. The maximum absolute atomic E-state index is 5.96. The van der Waals surface area contributed by atoms with Crippen molar-refractivity contribution in [1.82, 2.24) is 4.90 Å². The van der Waals surface area contributed by atoms with Crippen LogP contribution in [0.25, 0.3) is 0 Å². The molecule has 1 saturated heterocycles. The minimum atomic E-state index is 0.514. The molecular weight excluding hydrogens is 172 g/mol. The standard InChI is InChI=1S/C12H22N2/c13-11-3-1-9(5-11)7-14-8-10-2-4-12(14)6-10/h9-12H,1-8,13H2. The SMILES string of the molecule is NC1CCC(CN2CC3CCC2C3)C1. The molecule has 0 spiro atoms. The summed E-state index contributed by atoms with van der Waals surface area (Å²) in [5.74, 6) is 1.97. The summed E-state index contributed by atoms with van der Waals surface area (Å²) in [4.78, 5) is 2.76. The van der Waals surface area contributed by atoms with E-state index in [1.807, 2.05) is 0 Å². The van der Waals surface area contributed by atoms with Crippen LogP contribution in [0, 0.1) is 11.8 Å². The third kappa shape index (κ3) is 1.59. The van der Waals surface area contributed by atoms with E-state index in [0.29, 0.717) is 6.04 Å². The molecule has 3 rings (SSSR count). The van der Waals surface area contributed by atoms with Crippen LogP contribution in [0.4, 0.5) is 0 Å². The van der Waals surface area contributed by atoms with Crippen LogP contribution in [0.1, 0.15) is 38.5 Å². The molecular formula is C12H22N2. The summed E-state index contributed by atoms with van der Waals surface area (Å²) in [6.45, 7) is 2.76. The lowest BCUT2D eigenvalue weighted by Gasteiger charge is -2.29. The molecule has 0 radical (unpaired) electrons. The molecule has 0 aromatic rings. The maximum atomic E-state index is 5.96. The van der Waals surface area contributed by atoms with Gasteiger partial charge >= 0.3 is 0 Å². The number of rotatable bonds is 2. The number of hydrogen-bond donors (Lipinski definition) is 1. The van der Waals surface area contributed by atoms with Gasteiger partial charge < -0.3 is 5.73 Å². The highest BCUT2D eigenvalue weighted by Gasteiger charge is 2.38. The minimum Gasteiger partial charge on any atom is -0.328 e. The van der Waals surface area contributed by atoms with Crippen molar-refractivity contribution < 1.29 is 0 Å². The Morgan fingerprint density at radius 3 is 2.57 bits per heavy atom. The van der Waals surface area contributed by atoms with Crippen LogP contribution in [0.2, 0.25) is 0 Å². The highest BCUT2D eigenvalue weighted by atomic mass is 15.2. The highest BCUT2D eigenvalue weighted by Crippen LogP contribution is 2.38. The molecule has 2 saturated carbocycles. The van der Waals surface area contributed by atoms with Gasteiger partial charge in [0.15, 0.2) is 0 Å². The largest absolute Gasteiger partial charge is 0.328 e. The van der Waals surface area contributed by atoms with E-state index < -0.39 is 0 Å². The smallest absolute Gasteiger partial charge is 0.00987 e. The second-order valence-corrected chi connectivity index (χ2v) is 5.73. The molecule has 0 amide bonds. The van der Waals surface area contributed by atoms with Gasteiger partial charge in [0.05, 0.1) is 0 Å². The van der Waals surface area contributed by atoms with Gasteiger partial charge in [-0.05, 0) is 50.4 Å². The average molecular weight is 194 g/mol. The Bertz CT molecular complexity index is 216. The zero-order valence-corrected chi connectivity index (χ0v) is 8.99. The molecule has 1 aliphatic heterocycles. The second kappa shape index (κ2) is 3.49. The summed E-state index contributed by atoms with van der Waals surface area (Å²) in [5.41, 5.74) is 5.96. The number of piperidine rings is 1. The first-order valence-corrected chi connectivity index (χ1v) is 6.31. The van der Waals surface area contributed by atoms with Gasteiger partial charge in [0.1, 0.15) is 0 Å². The third-order valence-corrected chi connectivity index (χ3v) is 4.60. The van der Waals surface area contributed by atoms with E-state index in [0.717, 1.165) is 17.9 Å². The van der Waals surface area contributed by atoms with Gasteiger partial charge in [-0.15, -0.1) is 0 Å². The summed E-state index contributed by atoms with van der Waals surface area (Å²) >= 11 is 0. The van der Waals surface area contributed by atoms with E-state index in [2.05, 4.69) is 4.90 Å². The van der Waals surface area contributed by atoms with E-state index in [1.165, 1.54) is 51.6 Å². The average Bonchev–Trinajstić information content (AvgIpc) is 2.82. The van der Waals surface area contributed by atoms with Crippen molar-refractivity contribution in [3.8, 4) is 0 Å². The summed E-state index contributed by atoms with van der Waals surface area (Å²) in [6.07, 6.45) is 8.42. The topological polar surface area (TPSA) is 29.3 Å². The predicted molar refractivity (Wildman–Crippen MR) is 58.0 cm³/mol. The minimum absolute atomic E-state index is 0.514. The fourth-order valence-electron chi connectivity index (χ4n) is 3.86. The van der Waals surface area contributed by atoms with Crippen LogP contribution >= 0.6 is 0 Å². The van der Waals surface area contributed by atoms with Gasteiger partial charge in [0.25, 0.3) is 0 Å². The molecule has 3 fully saturated rings. The normalized spacial score (nSPS) is 47.8. The molecule has 3 aliphatic rings. The van der Waals surface area contributed by atoms with Crippen molar-refractivity contribution in [3.63, 3.8) is 0 Å². The number of nitrogens with two attached hydrogens (primary N) is 1. The fraction of sp³-hybridized carbons (Fsp3) is 1.00. The summed E-state index contributed by atoms with van der Waals surface area (Å²) in [6, 6.07) is 1.47. The molecule has 0 aromatic heterocycles. The van der Waals surface area contributed by atoms with Crippen LogP contribution in [-0.2, 0) is 0 Å². The van der Waals surface area contributed by atoms with Crippen LogP contribution in [-0.4, -0.2) is 30.1 Å². The molecule has 2 bridgehead atoms. The summed E-state index contributed by atoms with van der Waals surface area (Å²) < 4.78 is 0. The monoisotopic (exact) mass is 194 g/mol. The number of fused-ring (bicyclic) bond motifs is 2. The first kappa shape index (κ1) is 9.17. The van der Waals surface area contributed by atoms with Crippen LogP contribution in [0.5, 0.6) is 0 Å². The third-order valence-electron chi connectivity index (χ3n) is 4.60. The van der Waals surface area contributed by atoms with Gasteiger partial charge in [-0.1, -0.05) is 0 Å².